The molecule has 0 aromatic heterocycles. The van der Waals surface area contributed by atoms with Crippen molar-refractivity contribution in [1.82, 2.24) is 5.32 Å². The number of hydrogen-bond donors (Lipinski definition) is 1. The fraction of sp³-hybridized carbons (Fsp3) is 1.00. The standard InChI is InChI=1S/C13H27NO/c1-3-4-5-6-9-14-12(2)11-13-8-7-10-15-13/h12-14H,3-11H2,1-2H3. The van der Waals surface area contributed by atoms with E-state index in [-0.39, 0.29) is 0 Å². The van der Waals surface area contributed by atoms with Crippen LogP contribution in [0.2, 0.25) is 0 Å². The van der Waals surface area contributed by atoms with Crippen LogP contribution in [0, 0.1) is 0 Å². The Morgan fingerprint density at radius 1 is 1.33 bits per heavy atom. The van der Waals surface area contributed by atoms with Crippen LogP contribution in [-0.2, 0) is 4.74 Å². The second-order valence-corrected chi connectivity index (χ2v) is 4.79. The molecule has 2 atom stereocenters. The molecule has 0 aromatic rings. The van der Waals surface area contributed by atoms with E-state index in [1.165, 1.54) is 51.5 Å². The molecule has 1 aliphatic heterocycles. The Bertz CT molecular complexity index is 143. The van der Waals surface area contributed by atoms with E-state index in [0.717, 1.165) is 6.61 Å². The Morgan fingerprint density at radius 2 is 2.20 bits per heavy atom. The first kappa shape index (κ1) is 13.0. The van der Waals surface area contributed by atoms with Gasteiger partial charge in [-0.25, -0.2) is 0 Å². The van der Waals surface area contributed by atoms with Crippen molar-refractivity contribution in [3.63, 3.8) is 0 Å². The van der Waals surface area contributed by atoms with Gasteiger partial charge in [-0.1, -0.05) is 26.2 Å². The average molecular weight is 213 g/mol. The summed E-state index contributed by atoms with van der Waals surface area (Å²) < 4.78 is 5.63. The predicted molar refractivity (Wildman–Crippen MR) is 65.2 cm³/mol. The van der Waals surface area contributed by atoms with E-state index in [0.29, 0.717) is 12.1 Å². The Morgan fingerprint density at radius 3 is 2.87 bits per heavy atom. The van der Waals surface area contributed by atoms with Gasteiger partial charge in [0.15, 0.2) is 0 Å². The molecule has 2 heteroatoms. The van der Waals surface area contributed by atoms with Crippen LogP contribution in [0.4, 0.5) is 0 Å². The summed E-state index contributed by atoms with van der Waals surface area (Å²) in [5.74, 6) is 0. The molecule has 0 radical (unpaired) electrons. The molecule has 0 saturated carbocycles. The number of unbranched alkanes of at least 4 members (excludes halogenated alkanes) is 3. The zero-order valence-corrected chi connectivity index (χ0v) is 10.4. The van der Waals surface area contributed by atoms with Crippen molar-refractivity contribution in [2.24, 2.45) is 0 Å². The fourth-order valence-electron chi connectivity index (χ4n) is 2.21. The number of hydrogen-bond acceptors (Lipinski definition) is 2. The summed E-state index contributed by atoms with van der Waals surface area (Å²) in [7, 11) is 0. The molecule has 0 bridgehead atoms. The van der Waals surface area contributed by atoms with Crippen molar-refractivity contribution in [2.45, 2.75) is 70.9 Å². The molecular weight excluding hydrogens is 186 g/mol. The van der Waals surface area contributed by atoms with Crippen LogP contribution < -0.4 is 5.32 Å². The zero-order valence-electron chi connectivity index (χ0n) is 10.4. The lowest BCUT2D eigenvalue weighted by Crippen LogP contribution is -2.30. The number of ether oxygens (including phenoxy) is 1. The van der Waals surface area contributed by atoms with Crippen molar-refractivity contribution < 1.29 is 4.74 Å². The lowest BCUT2D eigenvalue weighted by atomic mass is 10.1. The van der Waals surface area contributed by atoms with Crippen molar-refractivity contribution in [1.29, 1.82) is 0 Å². The highest BCUT2D eigenvalue weighted by Crippen LogP contribution is 2.16. The van der Waals surface area contributed by atoms with E-state index < -0.39 is 0 Å². The molecule has 90 valence electrons. The van der Waals surface area contributed by atoms with E-state index >= 15 is 0 Å². The minimum Gasteiger partial charge on any atom is -0.378 e. The highest BCUT2D eigenvalue weighted by Gasteiger charge is 2.17. The molecule has 1 rings (SSSR count). The van der Waals surface area contributed by atoms with E-state index in [1.807, 2.05) is 0 Å². The zero-order chi connectivity index (χ0) is 10.9. The predicted octanol–water partition coefficient (Wildman–Crippen LogP) is 3.11. The van der Waals surface area contributed by atoms with Crippen LogP contribution >= 0.6 is 0 Å². The molecule has 1 saturated heterocycles. The Balaban J connectivity index is 1.91. The maximum Gasteiger partial charge on any atom is 0.0590 e. The van der Waals surface area contributed by atoms with Crippen LogP contribution in [0.25, 0.3) is 0 Å². The maximum absolute atomic E-state index is 5.63. The molecule has 15 heavy (non-hydrogen) atoms. The minimum atomic E-state index is 0.531. The van der Waals surface area contributed by atoms with Crippen LogP contribution in [0.15, 0.2) is 0 Å². The molecule has 0 aromatic carbocycles. The van der Waals surface area contributed by atoms with Crippen molar-refractivity contribution >= 4 is 0 Å². The SMILES string of the molecule is CCCCCCNC(C)CC1CCCO1. The third-order valence-corrected chi connectivity index (χ3v) is 3.16. The van der Waals surface area contributed by atoms with Crippen molar-refractivity contribution in [2.75, 3.05) is 13.2 Å². The van der Waals surface area contributed by atoms with Gasteiger partial charge in [-0.2, -0.15) is 0 Å². The van der Waals surface area contributed by atoms with Crippen molar-refractivity contribution in [3.05, 3.63) is 0 Å². The minimum absolute atomic E-state index is 0.531. The molecule has 1 fully saturated rings. The molecule has 1 aliphatic rings. The lowest BCUT2D eigenvalue weighted by Gasteiger charge is -2.17. The van der Waals surface area contributed by atoms with Gasteiger partial charge in [-0.3, -0.25) is 0 Å². The summed E-state index contributed by atoms with van der Waals surface area (Å²) in [5.41, 5.74) is 0. The first-order valence-corrected chi connectivity index (χ1v) is 6.68. The summed E-state index contributed by atoms with van der Waals surface area (Å²) in [5, 5.41) is 3.59. The van der Waals surface area contributed by atoms with Crippen LogP contribution in [0.5, 0.6) is 0 Å². The van der Waals surface area contributed by atoms with Gasteiger partial charge in [0.2, 0.25) is 0 Å². The lowest BCUT2D eigenvalue weighted by molar-refractivity contribution is 0.0963. The van der Waals surface area contributed by atoms with E-state index in [1.54, 1.807) is 0 Å². The molecule has 0 aliphatic carbocycles. The monoisotopic (exact) mass is 213 g/mol. The molecule has 0 amide bonds. The molecule has 1 N–H and O–H groups in total. The quantitative estimate of drug-likeness (QED) is 0.626. The summed E-state index contributed by atoms with van der Waals surface area (Å²) in [6.07, 6.45) is 9.64. The van der Waals surface area contributed by atoms with Gasteiger partial charge < -0.3 is 10.1 Å². The highest BCUT2D eigenvalue weighted by molar-refractivity contribution is 4.71. The largest absolute Gasteiger partial charge is 0.378 e. The third-order valence-electron chi connectivity index (χ3n) is 3.16. The van der Waals surface area contributed by atoms with Gasteiger partial charge >= 0.3 is 0 Å². The van der Waals surface area contributed by atoms with Gasteiger partial charge in [-0.15, -0.1) is 0 Å². The van der Waals surface area contributed by atoms with E-state index in [4.69, 9.17) is 4.74 Å². The van der Waals surface area contributed by atoms with Gasteiger partial charge in [0.05, 0.1) is 6.10 Å². The van der Waals surface area contributed by atoms with Crippen LogP contribution in [-0.4, -0.2) is 25.3 Å². The third kappa shape index (κ3) is 6.16. The van der Waals surface area contributed by atoms with E-state index in [9.17, 15) is 0 Å². The van der Waals surface area contributed by atoms with Crippen LogP contribution in [0.3, 0.4) is 0 Å². The Labute approximate surface area is 94.8 Å². The van der Waals surface area contributed by atoms with Gasteiger partial charge in [0.1, 0.15) is 0 Å². The summed E-state index contributed by atoms with van der Waals surface area (Å²) >= 11 is 0. The van der Waals surface area contributed by atoms with Gasteiger partial charge in [0.25, 0.3) is 0 Å². The van der Waals surface area contributed by atoms with E-state index in [2.05, 4.69) is 19.2 Å². The fourth-order valence-corrected chi connectivity index (χ4v) is 2.21. The summed E-state index contributed by atoms with van der Waals surface area (Å²) in [4.78, 5) is 0. The first-order chi connectivity index (χ1) is 7.33. The van der Waals surface area contributed by atoms with Crippen molar-refractivity contribution in [3.8, 4) is 0 Å². The normalized spacial score (nSPS) is 23.2. The topological polar surface area (TPSA) is 21.3 Å². The summed E-state index contributed by atoms with van der Waals surface area (Å²) in [6.45, 7) is 6.69. The average Bonchev–Trinajstić information content (AvgIpc) is 2.70. The van der Waals surface area contributed by atoms with Gasteiger partial charge in [-0.05, 0) is 39.2 Å². The number of nitrogens with one attached hydrogen (secondary N) is 1. The van der Waals surface area contributed by atoms with Gasteiger partial charge in [0, 0.05) is 12.6 Å². The Hall–Kier alpha value is -0.0800. The molecule has 1 heterocycles. The second-order valence-electron chi connectivity index (χ2n) is 4.79. The van der Waals surface area contributed by atoms with Crippen LogP contribution in [0.1, 0.15) is 58.8 Å². The number of rotatable bonds is 8. The molecular formula is C13H27NO. The maximum atomic E-state index is 5.63. The first-order valence-electron chi connectivity index (χ1n) is 6.68. The molecule has 0 spiro atoms. The second kappa shape index (κ2) is 8.12. The Kier molecular flexibility index (Phi) is 7.03. The molecule has 2 unspecified atom stereocenters. The summed E-state index contributed by atoms with van der Waals surface area (Å²) in [6, 6.07) is 0.620. The highest BCUT2D eigenvalue weighted by atomic mass is 16.5. The molecule has 2 nitrogen and oxygen atoms in total. The smallest absolute Gasteiger partial charge is 0.0590 e.